The summed E-state index contributed by atoms with van der Waals surface area (Å²) in [6.07, 6.45) is -0.848. The third-order valence-corrected chi connectivity index (χ3v) is 6.41. The predicted molar refractivity (Wildman–Crippen MR) is 135 cm³/mol. The van der Waals surface area contributed by atoms with Gasteiger partial charge in [0.15, 0.2) is 0 Å². The van der Waals surface area contributed by atoms with Gasteiger partial charge in [0.1, 0.15) is 24.1 Å². The van der Waals surface area contributed by atoms with Gasteiger partial charge in [-0.25, -0.2) is 14.2 Å². The number of hydrogen-bond donors (Lipinski definition) is 1. The minimum Gasteiger partial charge on any atom is -0.445 e. The van der Waals surface area contributed by atoms with Gasteiger partial charge in [-0.15, -0.1) is 0 Å². The highest BCUT2D eigenvalue weighted by Crippen LogP contribution is 2.47. The number of phosphoric ester groups is 1. The number of non-ortho nitro benzene ring substituents is 1. The van der Waals surface area contributed by atoms with E-state index in [2.05, 4.69) is 5.32 Å². The first-order valence-electron chi connectivity index (χ1n) is 11.1. The van der Waals surface area contributed by atoms with E-state index >= 15 is 0 Å². The number of nitro groups is 1. The second-order valence-electron chi connectivity index (χ2n) is 7.68. The molecule has 0 aromatic heterocycles. The number of ether oxygens (including phenoxy) is 2. The zero-order valence-corrected chi connectivity index (χ0v) is 21.4. The summed E-state index contributed by atoms with van der Waals surface area (Å²) < 4.78 is 37.4. The van der Waals surface area contributed by atoms with Gasteiger partial charge < -0.3 is 19.3 Å². The molecule has 0 aliphatic carbocycles. The zero-order valence-electron chi connectivity index (χ0n) is 20.5. The Morgan fingerprint density at radius 1 is 0.895 bits per heavy atom. The molecular formula is C25H25N2O10P. The maximum absolute atomic E-state index is 13.0. The van der Waals surface area contributed by atoms with Gasteiger partial charge >= 0.3 is 19.9 Å². The molecule has 0 aliphatic heterocycles. The number of carbonyl (C=O) groups excluding carboxylic acids is 2. The van der Waals surface area contributed by atoms with Crippen LogP contribution in [0.15, 0.2) is 78.9 Å². The van der Waals surface area contributed by atoms with E-state index in [0.29, 0.717) is 5.56 Å². The van der Waals surface area contributed by atoms with Crippen LogP contribution >= 0.6 is 7.82 Å². The van der Waals surface area contributed by atoms with Crippen molar-refractivity contribution < 1.29 is 42.1 Å². The molecule has 0 bridgehead atoms. The van der Waals surface area contributed by atoms with Crippen molar-refractivity contribution in [2.24, 2.45) is 0 Å². The summed E-state index contributed by atoms with van der Waals surface area (Å²) in [5.74, 6) is -0.566. The number of hydrogen-bond acceptors (Lipinski definition) is 10. The molecule has 0 fully saturated rings. The Balaban J connectivity index is 1.72. The third-order valence-electron chi connectivity index (χ3n) is 5.08. The monoisotopic (exact) mass is 544 g/mol. The minimum atomic E-state index is -3.75. The van der Waals surface area contributed by atoms with Gasteiger partial charge in [-0.05, 0) is 35.4 Å². The average Bonchev–Trinajstić information content (AvgIpc) is 2.93. The lowest BCUT2D eigenvalue weighted by atomic mass is 10.1. The highest BCUT2D eigenvalue weighted by atomic mass is 31.2. The summed E-state index contributed by atoms with van der Waals surface area (Å²) in [6.45, 7) is -0.0120. The topological polar surface area (TPSA) is 153 Å². The van der Waals surface area contributed by atoms with Gasteiger partial charge in [0, 0.05) is 32.8 Å². The fourth-order valence-corrected chi connectivity index (χ4v) is 3.80. The lowest BCUT2D eigenvalue weighted by molar-refractivity contribution is -0.384. The Bertz CT molecular complexity index is 1280. The van der Waals surface area contributed by atoms with E-state index in [-0.39, 0.29) is 30.2 Å². The number of benzene rings is 3. The van der Waals surface area contributed by atoms with Crippen LogP contribution in [-0.4, -0.2) is 37.2 Å². The number of phosphoric acid groups is 1. The number of nitrogens with zero attached hydrogens (tertiary/aromatic N) is 1. The van der Waals surface area contributed by atoms with E-state index in [1.54, 1.807) is 36.4 Å². The van der Waals surface area contributed by atoms with Crippen LogP contribution in [0.5, 0.6) is 11.5 Å². The first-order chi connectivity index (χ1) is 18.2. The van der Waals surface area contributed by atoms with E-state index in [9.17, 15) is 24.3 Å². The highest BCUT2D eigenvalue weighted by molar-refractivity contribution is 7.48. The van der Waals surface area contributed by atoms with Gasteiger partial charge in [-0.3, -0.25) is 19.2 Å². The molecule has 0 saturated heterocycles. The van der Waals surface area contributed by atoms with Crippen molar-refractivity contribution in [2.45, 2.75) is 19.1 Å². The van der Waals surface area contributed by atoms with Crippen molar-refractivity contribution in [2.75, 3.05) is 14.2 Å². The molecule has 3 aromatic carbocycles. The van der Waals surface area contributed by atoms with E-state index in [4.69, 9.17) is 23.0 Å². The van der Waals surface area contributed by atoms with Crippen molar-refractivity contribution >= 4 is 25.6 Å². The number of nitrogens with one attached hydrogen (secondary N) is 1. The minimum absolute atomic E-state index is 0.00124. The first kappa shape index (κ1) is 28.3. The fourth-order valence-electron chi connectivity index (χ4n) is 3.12. The number of amides is 1. The fraction of sp³-hybridized carbons (Fsp3) is 0.200. The van der Waals surface area contributed by atoms with Crippen molar-refractivity contribution in [3.8, 4) is 11.5 Å². The molecule has 0 aliphatic rings. The summed E-state index contributed by atoms with van der Waals surface area (Å²) in [5.41, 5.74) is 1.18. The summed E-state index contributed by atoms with van der Waals surface area (Å²) >= 11 is 0. The molecule has 1 atom stereocenters. The van der Waals surface area contributed by atoms with Crippen molar-refractivity contribution in [3.63, 3.8) is 0 Å². The zero-order chi connectivity index (χ0) is 27.5. The van der Waals surface area contributed by atoms with Crippen LogP contribution < -0.4 is 14.6 Å². The molecule has 0 saturated carbocycles. The van der Waals surface area contributed by atoms with Crippen LogP contribution in [0.4, 0.5) is 10.5 Å². The molecule has 1 N–H and O–H groups in total. The molecule has 0 spiro atoms. The third kappa shape index (κ3) is 8.41. The molecular weight excluding hydrogens is 519 g/mol. The Morgan fingerprint density at radius 2 is 1.50 bits per heavy atom. The Kier molecular flexibility index (Phi) is 9.94. The molecule has 38 heavy (non-hydrogen) atoms. The van der Waals surface area contributed by atoms with Gasteiger partial charge in [-0.1, -0.05) is 42.5 Å². The molecule has 1 unspecified atom stereocenters. The number of alkyl carbamates (subject to hydrolysis) is 1. The molecule has 0 radical (unpaired) electrons. The summed E-state index contributed by atoms with van der Waals surface area (Å²) in [6, 6.07) is 18.9. The average molecular weight is 544 g/mol. The van der Waals surface area contributed by atoms with E-state index in [1.165, 1.54) is 50.6 Å². The number of rotatable bonds is 12. The summed E-state index contributed by atoms with van der Waals surface area (Å²) in [4.78, 5) is 35.7. The first-order valence-corrected chi connectivity index (χ1v) is 12.6. The normalized spacial score (nSPS) is 11.7. The largest absolute Gasteiger partial charge is 0.529 e. The number of carbonyl (C=O) groups is 2. The standard InChI is InChI=1S/C25H25N2O10P/c1-33-38(32,34-2)37-22-12-8-18(9-13-22)16-23(26-25(29)35-17-19-6-4-3-5-7-19)24(28)36-21-14-10-20(11-15-21)27(30)31/h3-15,23H,16-17H2,1-2H3,(H,26,29). The van der Waals surface area contributed by atoms with Crippen LogP contribution in [0.3, 0.4) is 0 Å². The molecule has 12 nitrogen and oxygen atoms in total. The van der Waals surface area contributed by atoms with E-state index < -0.39 is 30.9 Å². The lowest BCUT2D eigenvalue weighted by Gasteiger charge is -2.18. The summed E-state index contributed by atoms with van der Waals surface area (Å²) in [5, 5.41) is 13.4. The second-order valence-corrected chi connectivity index (χ2v) is 9.49. The van der Waals surface area contributed by atoms with Crippen LogP contribution in [0.1, 0.15) is 11.1 Å². The van der Waals surface area contributed by atoms with Crippen LogP contribution in [0, 0.1) is 10.1 Å². The molecule has 13 heteroatoms. The Labute approximate surface area is 218 Å². The second kappa shape index (κ2) is 13.3. The lowest BCUT2D eigenvalue weighted by Crippen LogP contribution is -2.44. The maximum Gasteiger partial charge on any atom is 0.529 e. The van der Waals surface area contributed by atoms with Crippen molar-refractivity contribution in [1.82, 2.24) is 5.32 Å². The Morgan fingerprint density at radius 3 is 2.08 bits per heavy atom. The SMILES string of the molecule is COP(=O)(OC)Oc1ccc(CC(NC(=O)OCc2ccccc2)C(=O)Oc2ccc([N+](=O)[O-])cc2)cc1. The molecule has 3 aromatic rings. The molecule has 3 rings (SSSR count). The quantitative estimate of drug-likeness (QED) is 0.110. The highest BCUT2D eigenvalue weighted by Gasteiger charge is 2.26. The van der Waals surface area contributed by atoms with Crippen molar-refractivity contribution in [3.05, 3.63) is 100 Å². The maximum atomic E-state index is 13.0. The van der Waals surface area contributed by atoms with Gasteiger partial charge in [0.2, 0.25) is 0 Å². The van der Waals surface area contributed by atoms with Crippen LogP contribution in [-0.2, 0) is 36.2 Å². The Hall–Kier alpha value is -4.25. The van der Waals surface area contributed by atoms with Gasteiger partial charge in [-0.2, -0.15) is 0 Å². The predicted octanol–water partition coefficient (Wildman–Crippen LogP) is 4.82. The van der Waals surface area contributed by atoms with Crippen LogP contribution in [0.25, 0.3) is 0 Å². The van der Waals surface area contributed by atoms with E-state index in [0.717, 1.165) is 5.56 Å². The molecule has 200 valence electrons. The van der Waals surface area contributed by atoms with Gasteiger partial charge in [0.25, 0.3) is 5.69 Å². The smallest absolute Gasteiger partial charge is 0.445 e. The van der Waals surface area contributed by atoms with Gasteiger partial charge in [0.05, 0.1) is 4.92 Å². The number of nitro benzene ring substituents is 1. The van der Waals surface area contributed by atoms with Crippen LogP contribution in [0.2, 0.25) is 0 Å². The molecule has 1 amide bonds. The molecule has 0 heterocycles. The van der Waals surface area contributed by atoms with Crippen molar-refractivity contribution in [1.29, 1.82) is 0 Å². The van der Waals surface area contributed by atoms with E-state index in [1.807, 2.05) is 6.07 Å². The summed E-state index contributed by atoms with van der Waals surface area (Å²) in [7, 11) is -1.39. The number of esters is 1.